The minimum Gasteiger partial charge on any atom is -0.383 e. The first-order valence-corrected chi connectivity index (χ1v) is 7.92. The molecule has 0 radical (unpaired) electrons. The molecule has 0 fully saturated rings. The van der Waals surface area contributed by atoms with E-state index in [1.807, 2.05) is 66.7 Å². The molecular weight excluding hydrogens is 312 g/mol. The third-order valence-electron chi connectivity index (χ3n) is 4.08. The zero-order chi connectivity index (χ0) is 17.2. The van der Waals surface area contributed by atoms with Crippen molar-refractivity contribution < 1.29 is 4.79 Å². The lowest BCUT2D eigenvalue weighted by atomic mass is 10.1. The molecule has 4 rings (SSSR count). The molecule has 4 N–H and O–H groups in total. The molecule has 3 aromatic carbocycles. The summed E-state index contributed by atoms with van der Waals surface area (Å²) in [6, 6.07) is 21.2. The minimum absolute atomic E-state index is 0.176. The number of nitrogens with one attached hydrogen (secondary N) is 2. The molecule has 0 saturated carbocycles. The lowest BCUT2D eigenvalue weighted by Crippen LogP contribution is -2.26. The predicted molar refractivity (Wildman–Crippen MR) is 102 cm³/mol. The third kappa shape index (κ3) is 2.83. The van der Waals surface area contributed by atoms with Gasteiger partial charge in [-0.3, -0.25) is 4.79 Å². The molecule has 1 heterocycles. The highest BCUT2D eigenvalue weighted by Gasteiger charge is 2.18. The van der Waals surface area contributed by atoms with Gasteiger partial charge in [0.25, 0.3) is 5.91 Å². The fourth-order valence-corrected chi connectivity index (χ4v) is 2.81. The van der Waals surface area contributed by atoms with Gasteiger partial charge in [-0.15, -0.1) is 0 Å². The SMILES string of the molecule is NC1=Nc2ccccc2NC=C1C(=O)Nc1cccc2ccccc12. The monoisotopic (exact) mass is 328 g/mol. The van der Waals surface area contributed by atoms with Crippen LogP contribution in [0.3, 0.4) is 0 Å². The van der Waals surface area contributed by atoms with E-state index in [9.17, 15) is 4.79 Å². The van der Waals surface area contributed by atoms with Crippen LogP contribution in [0.5, 0.6) is 0 Å². The van der Waals surface area contributed by atoms with Gasteiger partial charge in [-0.25, -0.2) is 4.99 Å². The molecule has 5 heteroatoms. The number of rotatable bonds is 2. The molecular formula is C20H16N4O. The van der Waals surface area contributed by atoms with Gasteiger partial charge in [0.05, 0.1) is 16.9 Å². The molecule has 1 amide bonds. The van der Waals surface area contributed by atoms with E-state index in [0.717, 1.165) is 22.1 Å². The Morgan fingerprint density at radius 1 is 0.960 bits per heavy atom. The Kier molecular flexibility index (Phi) is 3.67. The van der Waals surface area contributed by atoms with Crippen LogP contribution in [0.1, 0.15) is 0 Å². The second kappa shape index (κ2) is 6.13. The molecule has 0 aliphatic carbocycles. The van der Waals surface area contributed by atoms with Crippen LogP contribution in [-0.2, 0) is 4.79 Å². The third-order valence-corrected chi connectivity index (χ3v) is 4.08. The summed E-state index contributed by atoms with van der Waals surface area (Å²) in [6.45, 7) is 0. The molecule has 0 bridgehead atoms. The highest BCUT2D eigenvalue weighted by atomic mass is 16.1. The van der Waals surface area contributed by atoms with Gasteiger partial charge in [0, 0.05) is 17.3 Å². The Hall–Kier alpha value is -3.60. The van der Waals surface area contributed by atoms with Gasteiger partial charge >= 0.3 is 0 Å². The van der Waals surface area contributed by atoms with Crippen molar-refractivity contribution in [2.75, 3.05) is 10.6 Å². The van der Waals surface area contributed by atoms with Gasteiger partial charge in [0.1, 0.15) is 5.84 Å². The van der Waals surface area contributed by atoms with E-state index in [4.69, 9.17) is 5.73 Å². The van der Waals surface area contributed by atoms with Gasteiger partial charge in [-0.05, 0) is 23.6 Å². The standard InChI is InChI=1S/C20H16N4O/c21-19-15(12-22-17-9-3-4-10-18(17)23-19)20(25)24-16-11-5-7-13-6-1-2-8-14(13)16/h1-12,22H,(H2,21,23)(H,24,25). The molecule has 0 unspecified atom stereocenters. The first-order chi connectivity index (χ1) is 12.2. The second-order valence-corrected chi connectivity index (χ2v) is 5.70. The largest absolute Gasteiger partial charge is 0.383 e. The summed E-state index contributed by atoms with van der Waals surface area (Å²) < 4.78 is 0. The van der Waals surface area contributed by atoms with E-state index in [-0.39, 0.29) is 11.7 Å². The number of nitrogens with two attached hydrogens (primary N) is 1. The molecule has 0 saturated heterocycles. The topological polar surface area (TPSA) is 79.5 Å². The van der Waals surface area contributed by atoms with Crippen LogP contribution in [0.2, 0.25) is 0 Å². The number of hydrogen-bond donors (Lipinski definition) is 3. The van der Waals surface area contributed by atoms with E-state index in [1.165, 1.54) is 0 Å². The molecule has 122 valence electrons. The summed E-state index contributed by atoms with van der Waals surface area (Å²) in [4.78, 5) is 17.1. The van der Waals surface area contributed by atoms with Gasteiger partial charge in [-0.2, -0.15) is 0 Å². The number of carbonyl (C=O) groups is 1. The zero-order valence-corrected chi connectivity index (χ0v) is 13.4. The van der Waals surface area contributed by atoms with E-state index in [0.29, 0.717) is 11.3 Å². The van der Waals surface area contributed by atoms with Crippen molar-refractivity contribution in [1.29, 1.82) is 0 Å². The highest BCUT2D eigenvalue weighted by molar-refractivity contribution is 6.26. The van der Waals surface area contributed by atoms with Crippen molar-refractivity contribution in [3.8, 4) is 0 Å². The number of fused-ring (bicyclic) bond motifs is 2. The summed E-state index contributed by atoms with van der Waals surface area (Å²) in [5.41, 5.74) is 8.57. The summed E-state index contributed by atoms with van der Waals surface area (Å²) in [6.07, 6.45) is 1.59. The maximum absolute atomic E-state index is 12.7. The van der Waals surface area contributed by atoms with Crippen molar-refractivity contribution in [1.82, 2.24) is 0 Å². The smallest absolute Gasteiger partial charge is 0.260 e. The van der Waals surface area contributed by atoms with Crippen LogP contribution in [0.15, 0.2) is 83.5 Å². The first kappa shape index (κ1) is 15.0. The van der Waals surface area contributed by atoms with Crippen LogP contribution in [0.25, 0.3) is 10.8 Å². The number of carbonyl (C=O) groups excluding carboxylic acids is 1. The predicted octanol–water partition coefficient (Wildman–Crippen LogP) is 3.78. The maximum Gasteiger partial charge on any atom is 0.260 e. The average molecular weight is 328 g/mol. The van der Waals surface area contributed by atoms with Crippen molar-refractivity contribution in [2.45, 2.75) is 0 Å². The number of para-hydroxylation sites is 2. The summed E-state index contributed by atoms with van der Waals surface area (Å²) in [5.74, 6) is -0.131. The number of amides is 1. The summed E-state index contributed by atoms with van der Waals surface area (Å²) in [5, 5.41) is 8.05. The molecule has 1 aliphatic rings. The first-order valence-electron chi connectivity index (χ1n) is 7.92. The molecule has 5 nitrogen and oxygen atoms in total. The van der Waals surface area contributed by atoms with Crippen LogP contribution in [-0.4, -0.2) is 11.7 Å². The van der Waals surface area contributed by atoms with Crippen molar-refractivity contribution >= 4 is 39.6 Å². The summed E-state index contributed by atoms with van der Waals surface area (Å²) in [7, 11) is 0. The van der Waals surface area contributed by atoms with Gasteiger partial charge < -0.3 is 16.4 Å². The Morgan fingerprint density at radius 2 is 1.72 bits per heavy atom. The Labute approximate surface area is 144 Å². The fraction of sp³-hybridized carbons (Fsp3) is 0. The number of anilines is 2. The number of nitrogens with zero attached hydrogens (tertiary/aromatic N) is 1. The number of hydrogen-bond acceptors (Lipinski definition) is 4. The molecule has 1 aliphatic heterocycles. The van der Waals surface area contributed by atoms with Gasteiger partial charge in [0.2, 0.25) is 0 Å². The second-order valence-electron chi connectivity index (χ2n) is 5.70. The molecule has 0 atom stereocenters. The maximum atomic E-state index is 12.7. The highest BCUT2D eigenvalue weighted by Crippen LogP contribution is 2.28. The van der Waals surface area contributed by atoms with Crippen molar-refractivity contribution in [2.24, 2.45) is 10.7 Å². The van der Waals surface area contributed by atoms with Crippen molar-refractivity contribution in [3.05, 3.63) is 78.5 Å². The Morgan fingerprint density at radius 3 is 2.64 bits per heavy atom. The quantitative estimate of drug-likeness (QED) is 0.670. The Balaban J connectivity index is 1.66. The lowest BCUT2D eigenvalue weighted by Gasteiger charge is -2.10. The lowest BCUT2D eigenvalue weighted by molar-refractivity contribution is -0.112. The fourth-order valence-electron chi connectivity index (χ4n) is 2.81. The number of aliphatic imine (C=N–C) groups is 1. The van der Waals surface area contributed by atoms with Crippen LogP contribution < -0.4 is 16.4 Å². The van der Waals surface area contributed by atoms with Gasteiger partial charge in [-0.1, -0.05) is 48.5 Å². The van der Waals surface area contributed by atoms with Gasteiger partial charge in [0.15, 0.2) is 0 Å². The van der Waals surface area contributed by atoms with E-state index in [2.05, 4.69) is 15.6 Å². The Bertz CT molecular complexity index is 1030. The van der Waals surface area contributed by atoms with Crippen LogP contribution in [0.4, 0.5) is 17.1 Å². The van der Waals surface area contributed by atoms with E-state index >= 15 is 0 Å². The van der Waals surface area contributed by atoms with E-state index < -0.39 is 0 Å². The average Bonchev–Trinajstić information content (AvgIpc) is 2.80. The van der Waals surface area contributed by atoms with Crippen molar-refractivity contribution in [3.63, 3.8) is 0 Å². The minimum atomic E-state index is -0.307. The van der Waals surface area contributed by atoms with E-state index in [1.54, 1.807) is 6.20 Å². The zero-order valence-electron chi connectivity index (χ0n) is 13.4. The molecule has 0 aromatic heterocycles. The normalized spacial score (nSPS) is 13.1. The number of amidine groups is 1. The summed E-state index contributed by atoms with van der Waals surface area (Å²) >= 11 is 0. The molecule has 3 aromatic rings. The molecule has 0 spiro atoms. The number of benzene rings is 3. The molecule has 25 heavy (non-hydrogen) atoms. The van der Waals surface area contributed by atoms with Crippen LogP contribution >= 0.6 is 0 Å². The van der Waals surface area contributed by atoms with Crippen LogP contribution in [0, 0.1) is 0 Å².